The zero-order chi connectivity index (χ0) is 20.7. The lowest BCUT2D eigenvalue weighted by Gasteiger charge is -2.38. The van der Waals surface area contributed by atoms with Crippen LogP contribution in [-0.2, 0) is 0 Å². The molecule has 2 aliphatic heterocycles. The van der Waals surface area contributed by atoms with E-state index in [1.807, 2.05) is 59.5 Å². The van der Waals surface area contributed by atoms with E-state index in [2.05, 4.69) is 31.3 Å². The molecule has 0 saturated carbocycles. The fourth-order valence-corrected chi connectivity index (χ4v) is 4.04. The number of hydrogen-bond acceptors (Lipinski definition) is 4. The van der Waals surface area contributed by atoms with Gasteiger partial charge in [-0.3, -0.25) is 9.69 Å². The van der Waals surface area contributed by atoms with Crippen molar-refractivity contribution in [1.82, 2.24) is 0 Å². The first-order chi connectivity index (χ1) is 14.7. The Bertz CT molecular complexity index is 1090. The molecule has 0 saturated heterocycles. The summed E-state index contributed by atoms with van der Waals surface area (Å²) < 4.78 is 11.0. The molecule has 3 aromatic rings. The van der Waals surface area contributed by atoms with Crippen molar-refractivity contribution < 1.29 is 14.3 Å². The molecule has 5 heteroatoms. The van der Waals surface area contributed by atoms with Gasteiger partial charge in [-0.25, -0.2) is 0 Å². The van der Waals surface area contributed by atoms with Crippen molar-refractivity contribution in [2.24, 2.45) is 0 Å². The highest BCUT2D eigenvalue weighted by molar-refractivity contribution is 6.12. The third-order valence-electron chi connectivity index (χ3n) is 5.99. The maximum atomic E-state index is 13.5. The average molecular weight is 400 g/mol. The van der Waals surface area contributed by atoms with Gasteiger partial charge in [0.15, 0.2) is 11.5 Å². The molecule has 0 unspecified atom stereocenters. The van der Waals surface area contributed by atoms with Crippen LogP contribution in [0.4, 0.5) is 11.4 Å². The average Bonchev–Trinajstić information content (AvgIpc) is 3.26. The molecular weight excluding hydrogens is 376 g/mol. The molecule has 0 aromatic heterocycles. The second-order valence-electron chi connectivity index (χ2n) is 7.78. The first-order valence-electron chi connectivity index (χ1n) is 10.3. The molecule has 0 fully saturated rings. The van der Waals surface area contributed by atoms with Crippen molar-refractivity contribution >= 4 is 17.3 Å². The minimum absolute atomic E-state index is 0.0247. The van der Waals surface area contributed by atoms with Crippen LogP contribution in [0.15, 0.2) is 66.7 Å². The second kappa shape index (κ2) is 7.41. The van der Waals surface area contributed by atoms with E-state index < -0.39 is 0 Å². The van der Waals surface area contributed by atoms with Gasteiger partial charge in [-0.05, 0) is 59.9 Å². The lowest BCUT2D eigenvalue weighted by atomic mass is 9.97. The minimum atomic E-state index is -0.351. The van der Waals surface area contributed by atoms with Gasteiger partial charge in [0.05, 0.1) is 5.56 Å². The van der Waals surface area contributed by atoms with E-state index in [0.717, 1.165) is 29.1 Å². The van der Waals surface area contributed by atoms with Crippen molar-refractivity contribution in [3.05, 3.63) is 83.4 Å². The highest BCUT2D eigenvalue weighted by atomic mass is 16.7. The fourth-order valence-electron chi connectivity index (χ4n) is 4.04. The van der Waals surface area contributed by atoms with Crippen LogP contribution in [0.3, 0.4) is 0 Å². The third-order valence-corrected chi connectivity index (χ3v) is 5.99. The van der Waals surface area contributed by atoms with E-state index in [9.17, 15) is 4.79 Å². The first-order valence-corrected chi connectivity index (χ1v) is 10.3. The Morgan fingerprint density at radius 2 is 1.80 bits per heavy atom. The summed E-state index contributed by atoms with van der Waals surface area (Å²) in [5.74, 6) is 1.89. The van der Waals surface area contributed by atoms with Crippen molar-refractivity contribution in [2.75, 3.05) is 17.0 Å². The predicted molar refractivity (Wildman–Crippen MR) is 117 cm³/mol. The largest absolute Gasteiger partial charge is 0.454 e. The van der Waals surface area contributed by atoms with Crippen LogP contribution in [0, 0.1) is 0 Å². The quantitative estimate of drug-likeness (QED) is 0.610. The number of para-hydroxylation sites is 1. The number of hydrogen-bond donors (Lipinski definition) is 1. The van der Waals surface area contributed by atoms with Crippen LogP contribution in [0.5, 0.6) is 11.5 Å². The maximum Gasteiger partial charge on any atom is 0.262 e. The molecule has 1 amide bonds. The summed E-state index contributed by atoms with van der Waals surface area (Å²) in [6.07, 6.45) is 0.729. The van der Waals surface area contributed by atoms with Crippen LogP contribution in [0.2, 0.25) is 0 Å². The van der Waals surface area contributed by atoms with E-state index in [1.165, 1.54) is 5.56 Å². The Balaban J connectivity index is 1.59. The van der Waals surface area contributed by atoms with Crippen molar-refractivity contribution in [2.45, 2.75) is 32.4 Å². The van der Waals surface area contributed by atoms with Gasteiger partial charge in [-0.2, -0.15) is 0 Å². The van der Waals surface area contributed by atoms with Crippen LogP contribution in [0.25, 0.3) is 0 Å². The maximum absolute atomic E-state index is 13.5. The molecule has 2 aliphatic rings. The SMILES string of the molecule is CC[C@@H](C)c1ccc(N2C(=O)c3ccccc3N[C@@H]2c2ccc3c(c2)OCO3)cc1. The normalized spacial score (nSPS) is 18.0. The number of benzene rings is 3. The van der Waals surface area contributed by atoms with Gasteiger partial charge in [-0.15, -0.1) is 0 Å². The van der Waals surface area contributed by atoms with Gasteiger partial charge in [0.25, 0.3) is 5.91 Å². The number of anilines is 2. The molecule has 3 aromatic carbocycles. The number of carbonyl (C=O) groups excluding carboxylic acids is 1. The van der Waals surface area contributed by atoms with Crippen molar-refractivity contribution in [1.29, 1.82) is 0 Å². The number of amides is 1. The van der Waals surface area contributed by atoms with Crippen LogP contribution >= 0.6 is 0 Å². The molecule has 0 spiro atoms. The summed E-state index contributed by atoms with van der Waals surface area (Å²) >= 11 is 0. The number of carbonyl (C=O) groups is 1. The zero-order valence-electron chi connectivity index (χ0n) is 17.1. The molecular formula is C25H24N2O3. The monoisotopic (exact) mass is 400 g/mol. The number of fused-ring (bicyclic) bond motifs is 2. The lowest BCUT2D eigenvalue weighted by molar-refractivity contribution is 0.0975. The van der Waals surface area contributed by atoms with E-state index in [1.54, 1.807) is 0 Å². The fraction of sp³-hybridized carbons (Fsp3) is 0.240. The lowest BCUT2D eigenvalue weighted by Crippen LogP contribution is -2.43. The van der Waals surface area contributed by atoms with E-state index in [-0.39, 0.29) is 18.9 Å². The van der Waals surface area contributed by atoms with E-state index >= 15 is 0 Å². The van der Waals surface area contributed by atoms with Gasteiger partial charge >= 0.3 is 0 Å². The summed E-state index contributed by atoms with van der Waals surface area (Å²) in [4.78, 5) is 15.4. The highest BCUT2D eigenvalue weighted by Gasteiger charge is 2.34. The Labute approximate surface area is 176 Å². The molecule has 0 aliphatic carbocycles. The topological polar surface area (TPSA) is 50.8 Å². The molecule has 0 radical (unpaired) electrons. The van der Waals surface area contributed by atoms with Crippen LogP contribution in [0.1, 0.15) is 53.8 Å². The number of nitrogens with zero attached hydrogens (tertiary/aromatic N) is 1. The molecule has 30 heavy (non-hydrogen) atoms. The van der Waals surface area contributed by atoms with E-state index in [0.29, 0.717) is 17.2 Å². The molecule has 2 atom stereocenters. The Morgan fingerprint density at radius 3 is 2.60 bits per heavy atom. The standard InChI is InChI=1S/C25H24N2O3/c1-3-16(2)17-8-11-19(12-9-17)27-24(18-10-13-22-23(14-18)30-15-29-22)26-21-7-5-4-6-20(21)25(27)28/h4-14,16,24,26H,3,15H2,1-2H3/t16-,24+/m1/s1. The van der Waals surface area contributed by atoms with Crippen LogP contribution in [-0.4, -0.2) is 12.7 Å². The van der Waals surface area contributed by atoms with Crippen LogP contribution < -0.4 is 19.7 Å². The highest BCUT2D eigenvalue weighted by Crippen LogP contribution is 2.40. The summed E-state index contributed by atoms with van der Waals surface area (Å²) in [5.41, 5.74) is 4.57. The Hall–Kier alpha value is -3.47. The third kappa shape index (κ3) is 3.07. The van der Waals surface area contributed by atoms with Gasteiger partial charge in [-0.1, -0.05) is 44.2 Å². The van der Waals surface area contributed by atoms with Crippen molar-refractivity contribution in [3.63, 3.8) is 0 Å². The van der Waals surface area contributed by atoms with Gasteiger partial charge in [0.2, 0.25) is 6.79 Å². The number of rotatable bonds is 4. The smallest absolute Gasteiger partial charge is 0.262 e. The number of nitrogens with one attached hydrogen (secondary N) is 1. The molecule has 152 valence electrons. The minimum Gasteiger partial charge on any atom is -0.454 e. The van der Waals surface area contributed by atoms with E-state index in [4.69, 9.17) is 9.47 Å². The summed E-state index contributed by atoms with van der Waals surface area (Å²) in [5, 5.41) is 3.54. The van der Waals surface area contributed by atoms with Crippen molar-refractivity contribution in [3.8, 4) is 11.5 Å². The predicted octanol–water partition coefficient (Wildman–Crippen LogP) is 5.70. The summed E-state index contributed by atoms with van der Waals surface area (Å²) in [7, 11) is 0. The molecule has 0 bridgehead atoms. The summed E-state index contributed by atoms with van der Waals surface area (Å²) in [6, 6.07) is 21.8. The van der Waals surface area contributed by atoms with Gasteiger partial charge in [0.1, 0.15) is 6.17 Å². The molecule has 2 heterocycles. The summed E-state index contributed by atoms with van der Waals surface area (Å²) in [6.45, 7) is 4.62. The zero-order valence-corrected chi connectivity index (χ0v) is 17.1. The second-order valence-corrected chi connectivity index (χ2v) is 7.78. The molecule has 5 rings (SSSR count). The first kappa shape index (κ1) is 18.6. The van der Waals surface area contributed by atoms with Gasteiger partial charge in [0, 0.05) is 11.4 Å². The number of ether oxygens (including phenoxy) is 2. The molecule has 1 N–H and O–H groups in total. The van der Waals surface area contributed by atoms with Gasteiger partial charge < -0.3 is 14.8 Å². The Morgan fingerprint density at radius 1 is 1.03 bits per heavy atom. The molecule has 5 nitrogen and oxygen atoms in total. The Kier molecular flexibility index (Phi) is 4.58.